The van der Waals surface area contributed by atoms with Gasteiger partial charge in [0, 0.05) is 33.4 Å². The molecule has 0 aliphatic heterocycles. The molecule has 13 rings (SSSR count). The summed E-state index contributed by atoms with van der Waals surface area (Å²) in [7, 11) is 0. The molecular formula is C59H37NO. The van der Waals surface area contributed by atoms with Gasteiger partial charge in [0.1, 0.15) is 11.2 Å². The normalized spacial score (nSPS) is 13.0. The van der Waals surface area contributed by atoms with Gasteiger partial charge in [-0.15, -0.1) is 0 Å². The lowest BCUT2D eigenvalue weighted by Gasteiger charge is -2.32. The lowest BCUT2D eigenvalue weighted by atomic mass is 9.70. The van der Waals surface area contributed by atoms with Gasteiger partial charge < -0.3 is 9.32 Å². The molecule has 2 nitrogen and oxygen atoms in total. The number of nitrogens with zero attached hydrogens (tertiary/aromatic N) is 1. The van der Waals surface area contributed by atoms with Crippen molar-refractivity contribution in [3.8, 4) is 44.5 Å². The van der Waals surface area contributed by atoms with Crippen LogP contribution in [0.1, 0.15) is 22.3 Å². The van der Waals surface area contributed by atoms with Crippen molar-refractivity contribution < 1.29 is 4.42 Å². The number of rotatable bonds is 5. The Kier molecular flexibility index (Phi) is 7.26. The summed E-state index contributed by atoms with van der Waals surface area (Å²) >= 11 is 0. The standard InChI is InChI=1S/C59H37NO/c1-2-13-41-36-42(25-24-38(41)12-1)39-26-30-43(31-27-39)60(44-32-28-40(29-33-44)46-18-11-19-52-51-17-6-10-23-57(51)61-58(46)52)45-34-35-50-49-16-5-9-22-55(49)59(56(50)37-45)53-20-7-3-14-47(53)48-15-4-8-21-54(48)59/h1-37H. The second kappa shape index (κ2) is 13.0. The highest BCUT2D eigenvalue weighted by atomic mass is 16.3. The molecule has 1 aromatic heterocycles. The van der Waals surface area contributed by atoms with Crippen LogP contribution < -0.4 is 4.90 Å². The van der Waals surface area contributed by atoms with Crippen molar-refractivity contribution in [1.82, 2.24) is 0 Å². The average molecular weight is 776 g/mol. The number of hydrogen-bond donors (Lipinski definition) is 0. The fraction of sp³-hybridized carbons (Fsp3) is 0.0169. The Balaban J connectivity index is 0.991. The highest BCUT2D eigenvalue weighted by Crippen LogP contribution is 2.63. The van der Waals surface area contributed by atoms with E-state index in [0.717, 1.165) is 50.1 Å². The fourth-order valence-electron chi connectivity index (χ4n) is 10.6. The number of fused-ring (bicyclic) bond motifs is 14. The summed E-state index contributed by atoms with van der Waals surface area (Å²) < 4.78 is 6.48. The van der Waals surface area contributed by atoms with Crippen LogP contribution in [0.15, 0.2) is 229 Å². The zero-order chi connectivity index (χ0) is 40.1. The van der Waals surface area contributed by atoms with E-state index < -0.39 is 5.41 Å². The summed E-state index contributed by atoms with van der Waals surface area (Å²) in [6.45, 7) is 0. The van der Waals surface area contributed by atoms with E-state index in [1.807, 2.05) is 12.1 Å². The van der Waals surface area contributed by atoms with E-state index in [9.17, 15) is 0 Å². The van der Waals surface area contributed by atoms with Crippen molar-refractivity contribution in [2.24, 2.45) is 0 Å². The fourth-order valence-corrected chi connectivity index (χ4v) is 10.6. The van der Waals surface area contributed by atoms with Crippen LogP contribution in [0.3, 0.4) is 0 Å². The first-order valence-electron chi connectivity index (χ1n) is 21.1. The van der Waals surface area contributed by atoms with Crippen LogP contribution >= 0.6 is 0 Å². The summed E-state index contributed by atoms with van der Waals surface area (Å²) in [6, 6.07) is 82.3. The zero-order valence-corrected chi connectivity index (χ0v) is 33.2. The Morgan fingerprint density at radius 3 is 1.51 bits per heavy atom. The molecular weight excluding hydrogens is 739 g/mol. The second-order valence-corrected chi connectivity index (χ2v) is 16.4. The van der Waals surface area contributed by atoms with E-state index in [0.29, 0.717) is 0 Å². The van der Waals surface area contributed by atoms with Gasteiger partial charge in [-0.1, -0.05) is 176 Å². The van der Waals surface area contributed by atoms with Crippen LogP contribution in [0.25, 0.3) is 77.2 Å². The van der Waals surface area contributed by atoms with Crippen molar-refractivity contribution in [2.45, 2.75) is 5.41 Å². The first kappa shape index (κ1) is 34.0. The summed E-state index contributed by atoms with van der Waals surface area (Å²) in [5.74, 6) is 0. The van der Waals surface area contributed by atoms with Crippen LogP contribution in [-0.4, -0.2) is 0 Å². The van der Waals surface area contributed by atoms with Gasteiger partial charge in [0.2, 0.25) is 0 Å². The minimum Gasteiger partial charge on any atom is -0.455 e. The number of furan rings is 1. The first-order valence-corrected chi connectivity index (χ1v) is 21.1. The maximum Gasteiger partial charge on any atom is 0.143 e. The van der Waals surface area contributed by atoms with Crippen molar-refractivity contribution in [3.05, 3.63) is 247 Å². The second-order valence-electron chi connectivity index (χ2n) is 16.4. The van der Waals surface area contributed by atoms with E-state index in [1.165, 1.54) is 66.4 Å². The summed E-state index contributed by atoms with van der Waals surface area (Å²) in [5, 5.41) is 4.76. The Morgan fingerprint density at radius 1 is 0.311 bits per heavy atom. The minimum atomic E-state index is -0.435. The van der Waals surface area contributed by atoms with Crippen molar-refractivity contribution in [2.75, 3.05) is 4.90 Å². The molecule has 0 saturated heterocycles. The van der Waals surface area contributed by atoms with Gasteiger partial charge in [-0.05, 0) is 121 Å². The van der Waals surface area contributed by atoms with Gasteiger partial charge in [-0.2, -0.15) is 0 Å². The van der Waals surface area contributed by atoms with E-state index >= 15 is 0 Å². The van der Waals surface area contributed by atoms with Gasteiger partial charge in [-0.25, -0.2) is 0 Å². The number of benzene rings is 10. The molecule has 2 aliphatic rings. The molecule has 1 heterocycles. The number of anilines is 3. The van der Waals surface area contributed by atoms with Gasteiger partial charge in [-0.3, -0.25) is 0 Å². The van der Waals surface area contributed by atoms with Crippen LogP contribution in [0.4, 0.5) is 17.1 Å². The highest BCUT2D eigenvalue weighted by Gasteiger charge is 2.51. The van der Waals surface area contributed by atoms with Crippen molar-refractivity contribution in [3.63, 3.8) is 0 Å². The molecule has 1 spiro atoms. The molecule has 284 valence electrons. The van der Waals surface area contributed by atoms with Crippen LogP contribution in [0, 0.1) is 0 Å². The van der Waals surface area contributed by atoms with Crippen molar-refractivity contribution in [1.29, 1.82) is 0 Å². The van der Waals surface area contributed by atoms with Gasteiger partial charge >= 0.3 is 0 Å². The number of para-hydroxylation sites is 2. The third kappa shape index (κ3) is 4.91. The molecule has 10 aromatic carbocycles. The summed E-state index contributed by atoms with van der Waals surface area (Å²) in [4.78, 5) is 2.42. The Labute approximate surface area is 354 Å². The monoisotopic (exact) mass is 775 g/mol. The molecule has 0 amide bonds. The SMILES string of the molecule is c1ccc2c(c1)-c1ccccc1C21c2ccccc2-c2ccc(N(c3ccc(-c4ccc5ccccc5c4)cc3)c3ccc(-c4cccc5c4oc4ccccc45)cc3)cc21. The third-order valence-corrected chi connectivity index (χ3v) is 13.3. The molecule has 0 unspecified atom stereocenters. The molecule has 0 N–H and O–H groups in total. The zero-order valence-electron chi connectivity index (χ0n) is 33.2. The van der Waals surface area contributed by atoms with Crippen molar-refractivity contribution >= 4 is 49.8 Å². The van der Waals surface area contributed by atoms with Gasteiger partial charge in [0.05, 0.1) is 5.41 Å². The summed E-state index contributed by atoms with van der Waals surface area (Å²) in [6.07, 6.45) is 0. The Bertz CT molecular complexity index is 3470. The lowest BCUT2D eigenvalue weighted by molar-refractivity contribution is 0.670. The van der Waals surface area contributed by atoms with E-state index in [-0.39, 0.29) is 0 Å². The Hall–Kier alpha value is -7.94. The smallest absolute Gasteiger partial charge is 0.143 e. The molecule has 11 aromatic rings. The molecule has 61 heavy (non-hydrogen) atoms. The van der Waals surface area contributed by atoms with Gasteiger partial charge in [0.25, 0.3) is 0 Å². The summed E-state index contributed by atoms with van der Waals surface area (Å²) in [5.41, 5.74) is 19.8. The molecule has 0 fully saturated rings. The Morgan fingerprint density at radius 2 is 0.820 bits per heavy atom. The molecule has 2 heteroatoms. The van der Waals surface area contributed by atoms with Crippen LogP contribution in [0.5, 0.6) is 0 Å². The topological polar surface area (TPSA) is 16.4 Å². The predicted molar refractivity (Wildman–Crippen MR) is 253 cm³/mol. The van der Waals surface area contributed by atoms with E-state index in [2.05, 4.69) is 217 Å². The minimum absolute atomic E-state index is 0.435. The third-order valence-electron chi connectivity index (χ3n) is 13.3. The largest absolute Gasteiger partial charge is 0.455 e. The molecule has 0 atom stereocenters. The maximum absolute atomic E-state index is 6.48. The number of hydrogen-bond acceptors (Lipinski definition) is 2. The molecule has 2 aliphatic carbocycles. The first-order chi connectivity index (χ1) is 30.2. The maximum atomic E-state index is 6.48. The molecule has 0 saturated carbocycles. The lowest BCUT2D eigenvalue weighted by Crippen LogP contribution is -2.26. The predicted octanol–water partition coefficient (Wildman–Crippen LogP) is 15.9. The highest BCUT2D eigenvalue weighted by molar-refractivity contribution is 6.09. The molecule has 0 radical (unpaired) electrons. The van der Waals surface area contributed by atoms with Crippen LogP contribution in [0.2, 0.25) is 0 Å². The van der Waals surface area contributed by atoms with Crippen LogP contribution in [-0.2, 0) is 5.41 Å². The molecule has 0 bridgehead atoms. The van der Waals surface area contributed by atoms with E-state index in [1.54, 1.807) is 0 Å². The average Bonchev–Trinajstić information content (AvgIpc) is 3.96. The quantitative estimate of drug-likeness (QED) is 0.173. The van der Waals surface area contributed by atoms with E-state index in [4.69, 9.17) is 4.42 Å². The van der Waals surface area contributed by atoms with Gasteiger partial charge in [0.15, 0.2) is 0 Å².